The molecule has 2 N–H and O–H groups in total. The SMILES string of the molecule is CCN(CC)S(=O)(=O)c1ccc(N2CC(C(=O)NC(C)c3cccc(O)c3)CC2=O)cc1. The first-order chi connectivity index (χ1) is 15.2. The van der Waals surface area contributed by atoms with Crippen LogP contribution in [0.4, 0.5) is 5.69 Å². The van der Waals surface area contributed by atoms with E-state index >= 15 is 0 Å². The first kappa shape index (κ1) is 23.7. The van der Waals surface area contributed by atoms with Crippen LogP contribution in [0.5, 0.6) is 5.75 Å². The van der Waals surface area contributed by atoms with Crippen molar-refractivity contribution in [1.29, 1.82) is 0 Å². The molecule has 1 aliphatic rings. The summed E-state index contributed by atoms with van der Waals surface area (Å²) in [5, 5.41) is 12.5. The van der Waals surface area contributed by atoms with Gasteiger partial charge < -0.3 is 15.3 Å². The summed E-state index contributed by atoms with van der Waals surface area (Å²) in [5.74, 6) is -0.814. The van der Waals surface area contributed by atoms with Gasteiger partial charge in [0.15, 0.2) is 0 Å². The van der Waals surface area contributed by atoms with Crippen LogP contribution in [0.1, 0.15) is 38.8 Å². The first-order valence-corrected chi connectivity index (χ1v) is 12.1. The van der Waals surface area contributed by atoms with Gasteiger partial charge in [0, 0.05) is 31.7 Å². The van der Waals surface area contributed by atoms with E-state index in [0.717, 1.165) is 5.56 Å². The Morgan fingerprint density at radius 3 is 2.44 bits per heavy atom. The third kappa shape index (κ3) is 4.94. The van der Waals surface area contributed by atoms with Crippen LogP contribution in [0, 0.1) is 5.92 Å². The van der Waals surface area contributed by atoms with Crippen LogP contribution in [0.3, 0.4) is 0 Å². The number of benzene rings is 2. The molecule has 2 unspecified atom stereocenters. The minimum atomic E-state index is -3.57. The lowest BCUT2D eigenvalue weighted by molar-refractivity contribution is -0.126. The molecule has 0 aromatic heterocycles. The summed E-state index contributed by atoms with van der Waals surface area (Å²) < 4.78 is 26.7. The summed E-state index contributed by atoms with van der Waals surface area (Å²) in [5.41, 5.74) is 1.33. The van der Waals surface area contributed by atoms with E-state index in [1.54, 1.807) is 44.2 Å². The van der Waals surface area contributed by atoms with E-state index in [4.69, 9.17) is 0 Å². The normalized spacial score (nSPS) is 17.6. The number of carbonyl (C=O) groups is 2. The topological polar surface area (TPSA) is 107 Å². The number of nitrogens with zero attached hydrogens (tertiary/aromatic N) is 2. The Hall–Kier alpha value is -2.91. The van der Waals surface area contributed by atoms with Gasteiger partial charge in [-0.25, -0.2) is 8.42 Å². The number of phenols is 1. The molecule has 2 amide bonds. The van der Waals surface area contributed by atoms with E-state index in [0.29, 0.717) is 18.8 Å². The average molecular weight is 460 g/mol. The number of phenolic OH excluding ortho intramolecular Hbond substituents is 1. The Morgan fingerprint density at radius 1 is 1.19 bits per heavy atom. The molecule has 1 saturated heterocycles. The number of sulfonamides is 1. The molecule has 8 nitrogen and oxygen atoms in total. The smallest absolute Gasteiger partial charge is 0.243 e. The van der Waals surface area contributed by atoms with E-state index in [-0.39, 0.29) is 41.5 Å². The molecule has 0 spiro atoms. The lowest BCUT2D eigenvalue weighted by atomic mass is 10.0. The van der Waals surface area contributed by atoms with Crippen LogP contribution in [-0.2, 0) is 19.6 Å². The highest BCUT2D eigenvalue weighted by Crippen LogP contribution is 2.28. The fraction of sp³-hybridized carbons (Fsp3) is 0.391. The van der Waals surface area contributed by atoms with Crippen LogP contribution in [0.2, 0.25) is 0 Å². The Balaban J connectivity index is 1.68. The van der Waals surface area contributed by atoms with Crippen LogP contribution in [0.15, 0.2) is 53.4 Å². The second-order valence-corrected chi connectivity index (χ2v) is 9.75. The maximum absolute atomic E-state index is 12.7. The molecule has 1 heterocycles. The summed E-state index contributed by atoms with van der Waals surface area (Å²) in [6.07, 6.45) is 0.0814. The maximum atomic E-state index is 12.7. The molecule has 0 bridgehead atoms. The van der Waals surface area contributed by atoms with Gasteiger partial charge in [-0.15, -0.1) is 0 Å². The summed E-state index contributed by atoms with van der Waals surface area (Å²) in [7, 11) is -3.57. The highest BCUT2D eigenvalue weighted by Gasteiger charge is 2.35. The number of hydrogen-bond donors (Lipinski definition) is 2. The van der Waals surface area contributed by atoms with E-state index in [9.17, 15) is 23.1 Å². The van der Waals surface area contributed by atoms with Crippen molar-refractivity contribution in [2.75, 3.05) is 24.5 Å². The largest absolute Gasteiger partial charge is 0.508 e. The predicted molar refractivity (Wildman–Crippen MR) is 122 cm³/mol. The number of amides is 2. The lowest BCUT2D eigenvalue weighted by Gasteiger charge is -2.20. The molecule has 2 atom stereocenters. The molecule has 2 aromatic rings. The zero-order chi connectivity index (χ0) is 23.5. The van der Waals surface area contributed by atoms with Gasteiger partial charge in [-0.1, -0.05) is 26.0 Å². The number of aromatic hydroxyl groups is 1. The summed E-state index contributed by atoms with van der Waals surface area (Å²) in [6, 6.07) is 12.5. The number of carbonyl (C=O) groups excluding carboxylic acids is 2. The van der Waals surface area contributed by atoms with Crippen molar-refractivity contribution in [1.82, 2.24) is 9.62 Å². The van der Waals surface area contributed by atoms with Gasteiger partial charge in [-0.05, 0) is 48.9 Å². The quantitative estimate of drug-likeness (QED) is 0.631. The van der Waals surface area contributed by atoms with Crippen molar-refractivity contribution in [2.45, 2.75) is 38.1 Å². The van der Waals surface area contributed by atoms with E-state index in [1.165, 1.54) is 21.3 Å². The third-order valence-electron chi connectivity index (χ3n) is 5.72. The zero-order valence-corrected chi connectivity index (χ0v) is 19.3. The van der Waals surface area contributed by atoms with Crippen molar-refractivity contribution in [2.24, 2.45) is 5.92 Å². The Bertz CT molecular complexity index is 1080. The summed E-state index contributed by atoms with van der Waals surface area (Å²) >= 11 is 0. The molecule has 0 saturated carbocycles. The number of hydrogen-bond acceptors (Lipinski definition) is 5. The molecular weight excluding hydrogens is 430 g/mol. The fourth-order valence-electron chi connectivity index (χ4n) is 3.85. The van der Waals surface area contributed by atoms with Crippen molar-refractivity contribution in [3.05, 3.63) is 54.1 Å². The lowest BCUT2D eigenvalue weighted by Crippen LogP contribution is -2.34. The number of anilines is 1. The Labute approximate surface area is 188 Å². The van der Waals surface area contributed by atoms with Gasteiger partial charge in [0.25, 0.3) is 0 Å². The molecule has 2 aromatic carbocycles. The highest BCUT2D eigenvalue weighted by atomic mass is 32.2. The van der Waals surface area contributed by atoms with E-state index < -0.39 is 15.9 Å². The molecule has 32 heavy (non-hydrogen) atoms. The molecular formula is C23H29N3O5S. The van der Waals surface area contributed by atoms with Crippen molar-refractivity contribution < 1.29 is 23.1 Å². The molecule has 172 valence electrons. The van der Waals surface area contributed by atoms with Gasteiger partial charge >= 0.3 is 0 Å². The highest BCUT2D eigenvalue weighted by molar-refractivity contribution is 7.89. The van der Waals surface area contributed by atoms with Crippen molar-refractivity contribution in [3.8, 4) is 5.75 Å². The monoisotopic (exact) mass is 459 g/mol. The summed E-state index contributed by atoms with van der Waals surface area (Å²) in [4.78, 5) is 27.0. The zero-order valence-electron chi connectivity index (χ0n) is 18.5. The number of rotatable bonds is 8. The predicted octanol–water partition coefficient (Wildman–Crippen LogP) is 2.65. The minimum Gasteiger partial charge on any atom is -0.508 e. The Kier molecular flexibility index (Phi) is 7.20. The van der Waals surface area contributed by atoms with Gasteiger partial charge in [0.1, 0.15) is 5.75 Å². The Morgan fingerprint density at radius 2 is 1.84 bits per heavy atom. The third-order valence-corrected chi connectivity index (χ3v) is 7.78. The van der Waals surface area contributed by atoms with Crippen molar-refractivity contribution in [3.63, 3.8) is 0 Å². The molecule has 1 fully saturated rings. The molecule has 0 radical (unpaired) electrons. The van der Waals surface area contributed by atoms with Crippen LogP contribution < -0.4 is 10.2 Å². The van der Waals surface area contributed by atoms with E-state index in [1.807, 2.05) is 13.0 Å². The molecule has 1 aliphatic heterocycles. The van der Waals surface area contributed by atoms with Gasteiger partial charge in [-0.2, -0.15) is 4.31 Å². The van der Waals surface area contributed by atoms with Crippen LogP contribution in [0.25, 0.3) is 0 Å². The second kappa shape index (κ2) is 9.70. The van der Waals surface area contributed by atoms with Crippen molar-refractivity contribution >= 4 is 27.5 Å². The van der Waals surface area contributed by atoms with Gasteiger partial charge in [0.05, 0.1) is 16.9 Å². The standard InChI is InChI=1S/C23H29N3O5S/c1-4-25(5-2)32(30,31)21-11-9-19(10-12-21)26-15-18(14-22(26)28)23(29)24-16(3)17-7-6-8-20(27)13-17/h6-13,16,18,27H,4-5,14-15H2,1-3H3,(H,24,29). The van der Waals surface area contributed by atoms with Gasteiger partial charge in [-0.3, -0.25) is 9.59 Å². The molecule has 9 heteroatoms. The average Bonchev–Trinajstić information content (AvgIpc) is 3.16. The molecule has 0 aliphatic carbocycles. The van der Waals surface area contributed by atoms with Crippen LogP contribution >= 0.6 is 0 Å². The minimum absolute atomic E-state index is 0.0814. The molecule has 3 rings (SSSR count). The van der Waals surface area contributed by atoms with Crippen LogP contribution in [-0.4, -0.2) is 49.3 Å². The van der Waals surface area contributed by atoms with Gasteiger partial charge in [0.2, 0.25) is 21.8 Å². The maximum Gasteiger partial charge on any atom is 0.243 e. The van der Waals surface area contributed by atoms with E-state index in [2.05, 4.69) is 5.32 Å². The summed E-state index contributed by atoms with van der Waals surface area (Å²) in [6.45, 7) is 6.36. The number of nitrogens with one attached hydrogen (secondary N) is 1. The first-order valence-electron chi connectivity index (χ1n) is 10.7. The second-order valence-electron chi connectivity index (χ2n) is 7.81. The fourth-order valence-corrected chi connectivity index (χ4v) is 5.31.